The first-order valence-electron chi connectivity index (χ1n) is 5.14. The average molecular weight is 270 g/mol. The third-order valence-corrected chi connectivity index (χ3v) is 2.74. The quantitative estimate of drug-likeness (QED) is 0.370. The van der Waals surface area contributed by atoms with Crippen molar-refractivity contribution in [2.24, 2.45) is 5.11 Å². The van der Waals surface area contributed by atoms with E-state index in [2.05, 4.69) is 10.0 Å². The Bertz CT molecular complexity index is 500. The number of aliphatic hydroxyl groups is 2. The molecule has 0 radical (unpaired) electrons. The smallest absolute Gasteiger partial charge is 0.161 e. The van der Waals surface area contributed by atoms with E-state index in [1.54, 1.807) is 0 Å². The zero-order chi connectivity index (χ0) is 13.7. The van der Waals surface area contributed by atoms with Crippen LogP contribution in [0.3, 0.4) is 0 Å². The molecule has 1 rings (SSSR count). The number of halogens is 1. The second kappa shape index (κ2) is 6.37. The molecule has 0 amide bonds. The molecule has 6 nitrogen and oxygen atoms in total. The van der Waals surface area contributed by atoms with Crippen molar-refractivity contribution in [1.29, 1.82) is 0 Å². The molecular formula is C11H12ClN3O3. The number of ketones is 1. The monoisotopic (exact) mass is 269 g/mol. The summed E-state index contributed by atoms with van der Waals surface area (Å²) in [6.07, 6.45) is -2.48. The SMILES string of the molecule is CC(=O)c1cc(C(O)C(O)CN=[N+]=[N-])ccc1Cl. The standard InChI is InChI=1S/C11H12ClN3O3/c1-6(16)8-4-7(2-3-9(8)12)11(18)10(17)5-14-15-13/h2-4,10-11,17-18H,5H2,1H3. The molecule has 0 saturated carbocycles. The number of carbonyl (C=O) groups is 1. The van der Waals surface area contributed by atoms with E-state index in [1.807, 2.05) is 0 Å². The van der Waals surface area contributed by atoms with Crippen LogP contribution >= 0.6 is 11.6 Å². The molecule has 0 saturated heterocycles. The number of hydrogen-bond donors (Lipinski definition) is 2. The summed E-state index contributed by atoms with van der Waals surface area (Å²) in [5, 5.41) is 22.8. The maximum absolute atomic E-state index is 11.3. The van der Waals surface area contributed by atoms with Gasteiger partial charge in [-0.2, -0.15) is 0 Å². The first kappa shape index (κ1) is 14.5. The molecule has 1 aromatic rings. The van der Waals surface area contributed by atoms with Crippen molar-refractivity contribution in [2.45, 2.75) is 19.1 Å². The molecule has 2 atom stereocenters. The van der Waals surface area contributed by atoms with Crippen LogP contribution in [0, 0.1) is 0 Å². The average Bonchev–Trinajstić information content (AvgIpc) is 2.35. The van der Waals surface area contributed by atoms with Gasteiger partial charge in [-0.15, -0.1) is 0 Å². The highest BCUT2D eigenvalue weighted by Crippen LogP contribution is 2.24. The van der Waals surface area contributed by atoms with Gasteiger partial charge in [-0.1, -0.05) is 22.8 Å². The number of rotatable bonds is 5. The molecular weight excluding hydrogens is 258 g/mol. The van der Waals surface area contributed by atoms with Crippen molar-refractivity contribution in [3.8, 4) is 0 Å². The molecule has 0 fully saturated rings. The highest BCUT2D eigenvalue weighted by atomic mass is 35.5. The van der Waals surface area contributed by atoms with E-state index in [-0.39, 0.29) is 22.9 Å². The summed E-state index contributed by atoms with van der Waals surface area (Å²) < 4.78 is 0. The third-order valence-electron chi connectivity index (χ3n) is 2.41. The summed E-state index contributed by atoms with van der Waals surface area (Å²) >= 11 is 5.83. The Morgan fingerprint density at radius 2 is 2.22 bits per heavy atom. The lowest BCUT2D eigenvalue weighted by atomic mass is 10.0. The topological polar surface area (TPSA) is 106 Å². The van der Waals surface area contributed by atoms with Crippen LogP contribution in [0.25, 0.3) is 10.4 Å². The molecule has 96 valence electrons. The molecule has 0 aliphatic heterocycles. The lowest BCUT2D eigenvalue weighted by Gasteiger charge is -2.17. The van der Waals surface area contributed by atoms with Crippen molar-refractivity contribution in [3.63, 3.8) is 0 Å². The summed E-state index contributed by atoms with van der Waals surface area (Å²) in [5.74, 6) is -0.237. The van der Waals surface area contributed by atoms with Crippen LogP contribution in [0.2, 0.25) is 5.02 Å². The molecule has 0 aliphatic carbocycles. The first-order valence-corrected chi connectivity index (χ1v) is 5.52. The lowest BCUT2D eigenvalue weighted by Crippen LogP contribution is -2.21. The second-order valence-corrected chi connectivity index (χ2v) is 4.13. The molecule has 0 aliphatic rings. The Morgan fingerprint density at radius 1 is 1.56 bits per heavy atom. The molecule has 0 bridgehead atoms. The predicted octanol–water partition coefficient (Wildman–Crippen LogP) is 2.25. The van der Waals surface area contributed by atoms with E-state index in [0.29, 0.717) is 5.56 Å². The Hall–Kier alpha value is -1.59. The molecule has 1 aromatic carbocycles. The normalized spacial score (nSPS) is 13.6. The van der Waals surface area contributed by atoms with E-state index >= 15 is 0 Å². The van der Waals surface area contributed by atoms with Gasteiger partial charge in [0.25, 0.3) is 0 Å². The Balaban J connectivity index is 2.99. The molecule has 2 unspecified atom stereocenters. The van der Waals surface area contributed by atoms with Gasteiger partial charge in [-0.05, 0) is 30.2 Å². The summed E-state index contributed by atoms with van der Waals surface area (Å²) in [7, 11) is 0. The van der Waals surface area contributed by atoms with Gasteiger partial charge in [0.2, 0.25) is 0 Å². The number of nitrogens with zero attached hydrogens (tertiary/aromatic N) is 3. The van der Waals surface area contributed by atoms with Crippen LogP contribution in [-0.4, -0.2) is 28.6 Å². The van der Waals surface area contributed by atoms with E-state index in [9.17, 15) is 15.0 Å². The van der Waals surface area contributed by atoms with Crippen molar-refractivity contribution >= 4 is 17.4 Å². The van der Waals surface area contributed by atoms with E-state index in [0.717, 1.165) is 0 Å². The fourth-order valence-electron chi connectivity index (χ4n) is 1.44. The van der Waals surface area contributed by atoms with Gasteiger partial charge < -0.3 is 10.2 Å². The van der Waals surface area contributed by atoms with Gasteiger partial charge >= 0.3 is 0 Å². The van der Waals surface area contributed by atoms with Gasteiger partial charge in [-0.3, -0.25) is 4.79 Å². The van der Waals surface area contributed by atoms with Crippen LogP contribution < -0.4 is 0 Å². The second-order valence-electron chi connectivity index (χ2n) is 3.72. The minimum atomic E-state index is -1.24. The predicted molar refractivity (Wildman–Crippen MR) is 66.4 cm³/mol. The Labute approximate surface area is 108 Å². The molecule has 0 heterocycles. The number of Topliss-reactive ketones (excluding diaryl/α,β-unsaturated/α-hetero) is 1. The van der Waals surface area contributed by atoms with Crippen LogP contribution in [0.5, 0.6) is 0 Å². The van der Waals surface area contributed by atoms with Crippen LogP contribution in [0.15, 0.2) is 23.3 Å². The number of azide groups is 1. The van der Waals surface area contributed by atoms with Gasteiger partial charge in [0.15, 0.2) is 5.78 Å². The van der Waals surface area contributed by atoms with Crippen LogP contribution in [-0.2, 0) is 0 Å². The van der Waals surface area contributed by atoms with E-state index < -0.39 is 12.2 Å². The summed E-state index contributed by atoms with van der Waals surface area (Å²) in [6.45, 7) is 1.10. The van der Waals surface area contributed by atoms with Crippen molar-refractivity contribution in [1.82, 2.24) is 0 Å². The third kappa shape index (κ3) is 3.45. The lowest BCUT2D eigenvalue weighted by molar-refractivity contribution is 0.0244. The van der Waals surface area contributed by atoms with Crippen molar-refractivity contribution in [3.05, 3.63) is 44.8 Å². The van der Waals surface area contributed by atoms with Gasteiger partial charge in [0.05, 0.1) is 17.7 Å². The number of carbonyl (C=O) groups excluding carboxylic acids is 1. The Morgan fingerprint density at radius 3 is 2.78 bits per heavy atom. The fourth-order valence-corrected chi connectivity index (χ4v) is 1.69. The minimum absolute atomic E-state index is 0.237. The first-order chi connectivity index (χ1) is 8.47. The number of benzene rings is 1. The Kier molecular flexibility index (Phi) is 5.12. The van der Waals surface area contributed by atoms with Gasteiger partial charge in [0.1, 0.15) is 6.10 Å². The maximum Gasteiger partial charge on any atom is 0.161 e. The summed E-state index contributed by atoms with van der Waals surface area (Å²) in [4.78, 5) is 13.8. The van der Waals surface area contributed by atoms with Crippen LogP contribution in [0.1, 0.15) is 28.9 Å². The zero-order valence-electron chi connectivity index (χ0n) is 9.62. The number of aliphatic hydroxyl groups excluding tert-OH is 2. The molecule has 0 spiro atoms. The van der Waals surface area contributed by atoms with Crippen LogP contribution in [0.4, 0.5) is 0 Å². The largest absolute Gasteiger partial charge is 0.390 e. The fraction of sp³-hybridized carbons (Fsp3) is 0.364. The summed E-state index contributed by atoms with van der Waals surface area (Å²) in [5.41, 5.74) is 8.73. The van der Waals surface area contributed by atoms with Crippen molar-refractivity contribution < 1.29 is 15.0 Å². The van der Waals surface area contributed by atoms with Gasteiger partial charge in [0, 0.05) is 10.5 Å². The molecule has 0 aromatic heterocycles. The van der Waals surface area contributed by atoms with E-state index in [1.165, 1.54) is 25.1 Å². The van der Waals surface area contributed by atoms with Gasteiger partial charge in [-0.25, -0.2) is 0 Å². The zero-order valence-corrected chi connectivity index (χ0v) is 10.4. The highest BCUT2D eigenvalue weighted by Gasteiger charge is 2.19. The number of hydrogen-bond acceptors (Lipinski definition) is 4. The highest BCUT2D eigenvalue weighted by molar-refractivity contribution is 6.33. The maximum atomic E-state index is 11.3. The molecule has 18 heavy (non-hydrogen) atoms. The molecule has 2 N–H and O–H groups in total. The minimum Gasteiger partial charge on any atom is -0.390 e. The van der Waals surface area contributed by atoms with E-state index in [4.69, 9.17) is 17.1 Å². The summed E-state index contributed by atoms with van der Waals surface area (Å²) in [6, 6.07) is 4.38. The van der Waals surface area contributed by atoms with Crippen molar-refractivity contribution in [2.75, 3.05) is 6.54 Å². The molecule has 7 heteroatoms.